The Balaban J connectivity index is 2.46. The van der Waals surface area contributed by atoms with Crippen LogP contribution in [0.1, 0.15) is 6.42 Å². The van der Waals surface area contributed by atoms with Crippen LogP contribution < -0.4 is 0 Å². The van der Waals surface area contributed by atoms with Crippen molar-refractivity contribution in [2.45, 2.75) is 6.42 Å². The second-order valence-corrected chi connectivity index (χ2v) is 2.15. The SMILES string of the molecule is C1=CC2=NC=CCC2=C1. The Bertz CT molecular complexity index is 241. The summed E-state index contributed by atoms with van der Waals surface area (Å²) < 4.78 is 0. The zero-order valence-electron chi connectivity index (χ0n) is 5.04. The molecule has 2 aliphatic rings. The second kappa shape index (κ2) is 1.69. The Morgan fingerprint density at radius 1 is 1.44 bits per heavy atom. The van der Waals surface area contributed by atoms with Gasteiger partial charge in [0.2, 0.25) is 0 Å². The molecule has 0 saturated carbocycles. The van der Waals surface area contributed by atoms with Crippen LogP contribution in [0.15, 0.2) is 41.1 Å². The third-order valence-corrected chi connectivity index (χ3v) is 1.54. The third kappa shape index (κ3) is 0.653. The maximum Gasteiger partial charge on any atom is 0.0664 e. The van der Waals surface area contributed by atoms with Crippen LogP contribution in [0, 0.1) is 0 Å². The summed E-state index contributed by atoms with van der Waals surface area (Å²) in [6.07, 6.45) is 11.2. The normalized spacial score (nSPS) is 21.3. The van der Waals surface area contributed by atoms with Gasteiger partial charge in [-0.25, -0.2) is 0 Å². The molecule has 2 rings (SSSR count). The standard InChI is InChI=1S/C8H7N/c1-3-7-4-2-6-9-8(7)5-1/h1-3,5-6H,4H2. The van der Waals surface area contributed by atoms with Crippen molar-refractivity contribution in [2.75, 3.05) is 0 Å². The van der Waals surface area contributed by atoms with Gasteiger partial charge in [-0.1, -0.05) is 18.2 Å². The second-order valence-electron chi connectivity index (χ2n) is 2.15. The smallest absolute Gasteiger partial charge is 0.0664 e. The van der Waals surface area contributed by atoms with E-state index in [0.29, 0.717) is 0 Å². The van der Waals surface area contributed by atoms with Crippen molar-refractivity contribution < 1.29 is 0 Å². The van der Waals surface area contributed by atoms with E-state index in [-0.39, 0.29) is 0 Å². The van der Waals surface area contributed by atoms with Gasteiger partial charge >= 0.3 is 0 Å². The quantitative estimate of drug-likeness (QED) is 0.459. The fourth-order valence-electron chi connectivity index (χ4n) is 1.06. The molecule has 0 unspecified atom stereocenters. The van der Waals surface area contributed by atoms with Gasteiger partial charge in [0.15, 0.2) is 0 Å². The Labute approximate surface area is 54.1 Å². The van der Waals surface area contributed by atoms with Gasteiger partial charge in [-0.3, -0.25) is 4.99 Å². The highest BCUT2D eigenvalue weighted by atomic mass is 14.7. The predicted molar refractivity (Wildman–Crippen MR) is 38.4 cm³/mol. The molecular formula is C8H7N. The first-order chi connectivity index (χ1) is 4.47. The molecule has 44 valence electrons. The molecule has 1 aliphatic heterocycles. The Hall–Kier alpha value is -1.11. The van der Waals surface area contributed by atoms with Gasteiger partial charge in [-0.2, -0.15) is 0 Å². The highest BCUT2D eigenvalue weighted by Gasteiger charge is 2.07. The molecule has 0 N–H and O–H groups in total. The molecule has 0 radical (unpaired) electrons. The van der Waals surface area contributed by atoms with E-state index in [1.54, 1.807) is 0 Å². The van der Waals surface area contributed by atoms with Crippen LogP contribution in [0.5, 0.6) is 0 Å². The van der Waals surface area contributed by atoms with Crippen LogP contribution in [-0.2, 0) is 0 Å². The summed E-state index contributed by atoms with van der Waals surface area (Å²) in [6.45, 7) is 0. The number of nitrogens with zero attached hydrogens (tertiary/aromatic N) is 1. The van der Waals surface area contributed by atoms with Crippen molar-refractivity contribution in [1.29, 1.82) is 0 Å². The van der Waals surface area contributed by atoms with Crippen molar-refractivity contribution in [3.8, 4) is 0 Å². The minimum Gasteiger partial charge on any atom is -0.257 e. The van der Waals surface area contributed by atoms with Crippen molar-refractivity contribution in [2.24, 2.45) is 4.99 Å². The van der Waals surface area contributed by atoms with Crippen molar-refractivity contribution in [3.05, 3.63) is 36.1 Å². The van der Waals surface area contributed by atoms with Crippen LogP contribution in [0.3, 0.4) is 0 Å². The molecule has 0 bridgehead atoms. The molecule has 1 heteroatoms. The predicted octanol–water partition coefficient (Wildman–Crippen LogP) is 1.84. The fraction of sp³-hybridized carbons (Fsp3) is 0.125. The molecule has 0 amide bonds. The molecule has 0 fully saturated rings. The zero-order chi connectivity index (χ0) is 6.10. The van der Waals surface area contributed by atoms with Gasteiger partial charge in [0, 0.05) is 6.20 Å². The molecule has 0 saturated heterocycles. The van der Waals surface area contributed by atoms with Crippen LogP contribution in [0.4, 0.5) is 0 Å². The first kappa shape index (κ1) is 4.74. The van der Waals surface area contributed by atoms with Crippen LogP contribution in [0.2, 0.25) is 0 Å². The molecule has 1 heterocycles. The summed E-state index contributed by atoms with van der Waals surface area (Å²) in [5.74, 6) is 0. The van der Waals surface area contributed by atoms with E-state index < -0.39 is 0 Å². The average molecular weight is 117 g/mol. The van der Waals surface area contributed by atoms with E-state index in [1.165, 1.54) is 5.57 Å². The summed E-state index contributed by atoms with van der Waals surface area (Å²) in [4.78, 5) is 4.17. The first-order valence-corrected chi connectivity index (χ1v) is 3.07. The number of rotatable bonds is 0. The number of aliphatic imine (C=N–C) groups is 1. The van der Waals surface area contributed by atoms with Gasteiger partial charge < -0.3 is 0 Å². The molecule has 0 aromatic heterocycles. The lowest BCUT2D eigenvalue weighted by molar-refractivity contribution is 1.26. The van der Waals surface area contributed by atoms with Crippen molar-refractivity contribution in [1.82, 2.24) is 0 Å². The van der Waals surface area contributed by atoms with Crippen LogP contribution in [-0.4, -0.2) is 5.71 Å². The van der Waals surface area contributed by atoms with Gasteiger partial charge in [-0.05, 0) is 18.1 Å². The molecule has 1 aliphatic carbocycles. The van der Waals surface area contributed by atoms with Crippen molar-refractivity contribution in [3.63, 3.8) is 0 Å². The summed E-state index contributed by atoms with van der Waals surface area (Å²) in [7, 11) is 0. The summed E-state index contributed by atoms with van der Waals surface area (Å²) in [6, 6.07) is 0. The molecule has 1 nitrogen and oxygen atoms in total. The number of fused-ring (bicyclic) bond motifs is 1. The minimum absolute atomic E-state index is 1.05. The number of hydrogen-bond donors (Lipinski definition) is 0. The lowest BCUT2D eigenvalue weighted by Crippen LogP contribution is -1.96. The van der Waals surface area contributed by atoms with E-state index >= 15 is 0 Å². The fourth-order valence-corrected chi connectivity index (χ4v) is 1.06. The molecule has 9 heavy (non-hydrogen) atoms. The van der Waals surface area contributed by atoms with Crippen LogP contribution in [0.25, 0.3) is 0 Å². The lowest BCUT2D eigenvalue weighted by Gasteiger charge is -2.02. The van der Waals surface area contributed by atoms with Crippen LogP contribution >= 0.6 is 0 Å². The maximum atomic E-state index is 4.17. The van der Waals surface area contributed by atoms with E-state index in [1.807, 2.05) is 18.4 Å². The molecule has 0 atom stereocenters. The first-order valence-electron chi connectivity index (χ1n) is 3.07. The molecule has 0 aromatic carbocycles. The molecule has 0 aromatic rings. The summed E-state index contributed by atoms with van der Waals surface area (Å²) >= 11 is 0. The highest BCUT2D eigenvalue weighted by Crippen LogP contribution is 2.16. The Morgan fingerprint density at radius 2 is 2.44 bits per heavy atom. The van der Waals surface area contributed by atoms with Gasteiger partial charge in [0.05, 0.1) is 5.71 Å². The minimum atomic E-state index is 1.05. The van der Waals surface area contributed by atoms with E-state index in [0.717, 1.165) is 12.1 Å². The Kier molecular flexibility index (Phi) is 0.890. The highest BCUT2D eigenvalue weighted by molar-refractivity contribution is 6.11. The maximum absolute atomic E-state index is 4.17. The zero-order valence-corrected chi connectivity index (χ0v) is 5.04. The van der Waals surface area contributed by atoms with Gasteiger partial charge in [-0.15, -0.1) is 0 Å². The third-order valence-electron chi connectivity index (χ3n) is 1.54. The van der Waals surface area contributed by atoms with Crippen molar-refractivity contribution >= 4 is 5.71 Å². The summed E-state index contributed by atoms with van der Waals surface area (Å²) in [5, 5.41) is 0. The summed E-state index contributed by atoms with van der Waals surface area (Å²) in [5.41, 5.74) is 2.48. The van der Waals surface area contributed by atoms with Gasteiger partial charge in [0.25, 0.3) is 0 Å². The number of allylic oxidation sites excluding steroid dienone is 5. The lowest BCUT2D eigenvalue weighted by atomic mass is 10.1. The molecule has 0 spiro atoms. The van der Waals surface area contributed by atoms with E-state index in [2.05, 4.69) is 17.1 Å². The van der Waals surface area contributed by atoms with E-state index in [9.17, 15) is 0 Å². The topological polar surface area (TPSA) is 12.4 Å². The van der Waals surface area contributed by atoms with Gasteiger partial charge in [0.1, 0.15) is 0 Å². The van der Waals surface area contributed by atoms with E-state index in [4.69, 9.17) is 0 Å². The molecular weight excluding hydrogens is 110 g/mol. The largest absolute Gasteiger partial charge is 0.257 e. The monoisotopic (exact) mass is 117 g/mol. The number of hydrogen-bond acceptors (Lipinski definition) is 1. The average Bonchev–Trinajstić information content (AvgIpc) is 2.33. The Morgan fingerprint density at radius 3 is 3.33 bits per heavy atom.